The van der Waals surface area contributed by atoms with E-state index in [1.54, 1.807) is 0 Å². The lowest BCUT2D eigenvalue weighted by Crippen LogP contribution is -2.39. The number of nitrogens with zero attached hydrogens (tertiary/aromatic N) is 1. The maximum atomic E-state index is 11.6. The molecule has 0 radical (unpaired) electrons. The summed E-state index contributed by atoms with van der Waals surface area (Å²) in [6.45, 7) is 3.98. The van der Waals surface area contributed by atoms with Gasteiger partial charge >= 0.3 is 0 Å². The van der Waals surface area contributed by atoms with E-state index in [0.717, 1.165) is 19.5 Å². The normalized spacial score (nSPS) is 21.5. The summed E-state index contributed by atoms with van der Waals surface area (Å²) in [5.74, 6) is -0.138. The smallest absolute Gasteiger partial charge is 0.246 e. The predicted molar refractivity (Wildman–Crippen MR) is 57.3 cm³/mol. The molecule has 2 N–H and O–H groups in total. The van der Waals surface area contributed by atoms with Gasteiger partial charge in [0.2, 0.25) is 11.8 Å². The van der Waals surface area contributed by atoms with E-state index < -0.39 is 0 Å². The van der Waals surface area contributed by atoms with Crippen LogP contribution >= 0.6 is 0 Å². The fourth-order valence-corrected chi connectivity index (χ4v) is 1.72. The van der Waals surface area contributed by atoms with Crippen LogP contribution in [0.15, 0.2) is 0 Å². The Hall–Kier alpha value is -0.940. The first kappa shape index (κ1) is 12.1. The molecule has 0 saturated carbocycles. The van der Waals surface area contributed by atoms with Crippen molar-refractivity contribution in [3.63, 3.8) is 0 Å². The third-order valence-electron chi connectivity index (χ3n) is 2.55. The van der Waals surface area contributed by atoms with Gasteiger partial charge in [0.15, 0.2) is 0 Å². The van der Waals surface area contributed by atoms with Gasteiger partial charge < -0.3 is 10.6 Å². The van der Waals surface area contributed by atoms with Crippen molar-refractivity contribution in [1.29, 1.82) is 0 Å². The molecule has 86 valence electrons. The monoisotopic (exact) mass is 213 g/mol. The number of carbonyl (C=O) groups excluding carboxylic acids is 2. The number of imide groups is 1. The number of hydrogen-bond donors (Lipinski definition) is 2. The van der Waals surface area contributed by atoms with E-state index in [0.29, 0.717) is 13.0 Å². The van der Waals surface area contributed by atoms with Crippen molar-refractivity contribution in [3.05, 3.63) is 0 Å². The van der Waals surface area contributed by atoms with Gasteiger partial charge in [-0.25, -0.2) is 0 Å². The maximum Gasteiger partial charge on any atom is 0.246 e. The molecule has 0 spiro atoms. The van der Waals surface area contributed by atoms with Gasteiger partial charge in [0.25, 0.3) is 0 Å². The summed E-state index contributed by atoms with van der Waals surface area (Å²) >= 11 is 0. The predicted octanol–water partition coefficient (Wildman–Crippen LogP) is -0.667. The van der Waals surface area contributed by atoms with Gasteiger partial charge in [-0.3, -0.25) is 14.5 Å². The largest absolute Gasteiger partial charge is 0.320 e. The summed E-state index contributed by atoms with van der Waals surface area (Å²) in [7, 11) is 1.89. The molecule has 1 saturated heterocycles. The lowest BCUT2D eigenvalue weighted by Gasteiger charge is -2.12. The average Bonchev–Trinajstić information content (AvgIpc) is 2.49. The Morgan fingerprint density at radius 3 is 2.67 bits per heavy atom. The van der Waals surface area contributed by atoms with E-state index >= 15 is 0 Å². The Morgan fingerprint density at radius 2 is 2.13 bits per heavy atom. The molecule has 5 heteroatoms. The Morgan fingerprint density at radius 1 is 1.40 bits per heavy atom. The highest BCUT2D eigenvalue weighted by atomic mass is 16.2. The quantitative estimate of drug-likeness (QED) is 0.454. The van der Waals surface area contributed by atoms with E-state index in [9.17, 15) is 9.59 Å². The third-order valence-corrected chi connectivity index (χ3v) is 2.55. The molecule has 5 nitrogen and oxygen atoms in total. The number of carbonyl (C=O) groups is 2. The molecule has 1 aliphatic heterocycles. The Balaban J connectivity index is 2.32. The first-order valence-corrected chi connectivity index (χ1v) is 5.43. The van der Waals surface area contributed by atoms with Crippen molar-refractivity contribution in [2.24, 2.45) is 0 Å². The van der Waals surface area contributed by atoms with E-state index in [1.165, 1.54) is 4.90 Å². The van der Waals surface area contributed by atoms with Gasteiger partial charge in [-0.15, -0.1) is 0 Å². The van der Waals surface area contributed by atoms with Crippen LogP contribution in [-0.2, 0) is 9.59 Å². The number of rotatable bonds is 6. The van der Waals surface area contributed by atoms with Gasteiger partial charge in [0.05, 0.1) is 12.5 Å². The highest BCUT2D eigenvalue weighted by Gasteiger charge is 2.36. The second kappa shape index (κ2) is 5.82. The lowest BCUT2D eigenvalue weighted by atomic mass is 10.2. The molecule has 0 bridgehead atoms. The molecule has 0 aliphatic carbocycles. The zero-order chi connectivity index (χ0) is 11.3. The average molecular weight is 213 g/mol. The van der Waals surface area contributed by atoms with Crippen molar-refractivity contribution in [2.45, 2.75) is 25.8 Å². The van der Waals surface area contributed by atoms with Crippen LogP contribution in [0.3, 0.4) is 0 Å². The van der Waals surface area contributed by atoms with Crippen molar-refractivity contribution in [2.75, 3.05) is 26.7 Å². The number of nitrogens with one attached hydrogen (secondary N) is 2. The van der Waals surface area contributed by atoms with Crippen LogP contribution in [0.2, 0.25) is 0 Å². The van der Waals surface area contributed by atoms with Crippen LogP contribution in [-0.4, -0.2) is 49.4 Å². The molecule has 2 amide bonds. The number of amides is 2. The standard InChI is InChI=1S/C10H19N3O2/c1-3-13-9(14)7-8(10(13)15)12-6-4-5-11-2/h8,11-12H,3-7H2,1-2H3. The first-order chi connectivity index (χ1) is 7.20. The van der Waals surface area contributed by atoms with Crippen molar-refractivity contribution in [3.8, 4) is 0 Å². The lowest BCUT2D eigenvalue weighted by molar-refractivity contribution is -0.138. The highest BCUT2D eigenvalue weighted by Crippen LogP contribution is 2.12. The minimum Gasteiger partial charge on any atom is -0.320 e. The molecular weight excluding hydrogens is 194 g/mol. The Labute approximate surface area is 90.2 Å². The van der Waals surface area contributed by atoms with E-state index in [1.807, 2.05) is 14.0 Å². The van der Waals surface area contributed by atoms with Crippen LogP contribution in [0.4, 0.5) is 0 Å². The van der Waals surface area contributed by atoms with Gasteiger partial charge in [0, 0.05) is 6.54 Å². The molecule has 0 aromatic rings. The minimum atomic E-state index is -0.297. The third kappa shape index (κ3) is 3.00. The Bertz CT molecular complexity index is 243. The summed E-state index contributed by atoms with van der Waals surface area (Å²) in [6.07, 6.45) is 1.27. The number of likely N-dealkylation sites (N-methyl/N-ethyl adjacent to an activating group) is 1. The molecule has 1 rings (SSSR count). The van der Waals surface area contributed by atoms with Crippen molar-refractivity contribution in [1.82, 2.24) is 15.5 Å². The molecular formula is C10H19N3O2. The summed E-state index contributed by atoms with van der Waals surface area (Å²) in [5.41, 5.74) is 0. The number of hydrogen-bond acceptors (Lipinski definition) is 4. The van der Waals surface area contributed by atoms with Crippen LogP contribution in [0.5, 0.6) is 0 Å². The molecule has 15 heavy (non-hydrogen) atoms. The van der Waals surface area contributed by atoms with Crippen LogP contribution in [0.1, 0.15) is 19.8 Å². The Kier molecular flexibility index (Phi) is 4.71. The second-order valence-corrected chi connectivity index (χ2v) is 3.64. The molecule has 1 unspecified atom stereocenters. The van der Waals surface area contributed by atoms with Crippen LogP contribution in [0, 0.1) is 0 Å². The fraction of sp³-hybridized carbons (Fsp3) is 0.800. The number of likely N-dealkylation sites (tertiary alicyclic amines) is 1. The SMILES string of the molecule is CCN1C(=O)CC(NCCCNC)C1=O. The fourth-order valence-electron chi connectivity index (χ4n) is 1.72. The second-order valence-electron chi connectivity index (χ2n) is 3.64. The molecule has 1 heterocycles. The minimum absolute atomic E-state index is 0.0615. The van der Waals surface area contributed by atoms with Gasteiger partial charge in [0.1, 0.15) is 0 Å². The van der Waals surface area contributed by atoms with E-state index in [-0.39, 0.29) is 17.9 Å². The van der Waals surface area contributed by atoms with Crippen molar-refractivity contribution < 1.29 is 9.59 Å². The molecule has 0 aromatic heterocycles. The summed E-state index contributed by atoms with van der Waals surface area (Å²) in [6, 6.07) is -0.297. The van der Waals surface area contributed by atoms with Crippen LogP contribution < -0.4 is 10.6 Å². The van der Waals surface area contributed by atoms with E-state index in [4.69, 9.17) is 0 Å². The highest BCUT2D eigenvalue weighted by molar-refractivity contribution is 6.05. The zero-order valence-electron chi connectivity index (χ0n) is 9.38. The van der Waals surface area contributed by atoms with Crippen LogP contribution in [0.25, 0.3) is 0 Å². The van der Waals surface area contributed by atoms with E-state index in [2.05, 4.69) is 10.6 Å². The summed E-state index contributed by atoms with van der Waals surface area (Å²) in [4.78, 5) is 24.3. The van der Waals surface area contributed by atoms with Gasteiger partial charge in [-0.05, 0) is 33.5 Å². The maximum absolute atomic E-state index is 11.6. The molecule has 0 aromatic carbocycles. The summed E-state index contributed by atoms with van der Waals surface area (Å²) < 4.78 is 0. The molecule has 1 atom stereocenters. The summed E-state index contributed by atoms with van der Waals surface area (Å²) in [5, 5.41) is 6.14. The first-order valence-electron chi connectivity index (χ1n) is 5.43. The zero-order valence-corrected chi connectivity index (χ0v) is 9.38. The van der Waals surface area contributed by atoms with Crippen molar-refractivity contribution >= 4 is 11.8 Å². The van der Waals surface area contributed by atoms with Gasteiger partial charge in [-0.2, -0.15) is 0 Å². The topological polar surface area (TPSA) is 61.4 Å². The van der Waals surface area contributed by atoms with Gasteiger partial charge in [-0.1, -0.05) is 0 Å². The molecule has 1 aliphatic rings. The molecule has 1 fully saturated rings.